The van der Waals surface area contributed by atoms with Gasteiger partial charge in [-0.1, -0.05) is 0 Å². The first-order chi connectivity index (χ1) is 11.9. The zero-order valence-corrected chi connectivity index (χ0v) is 12.3. The van der Waals surface area contributed by atoms with Gasteiger partial charge in [-0.3, -0.25) is 0 Å². The van der Waals surface area contributed by atoms with Gasteiger partial charge in [-0.15, -0.1) is 4.90 Å². The second-order valence-corrected chi connectivity index (χ2v) is 4.98. The van der Waals surface area contributed by atoms with E-state index in [0.717, 1.165) is 0 Å². The maximum Gasteiger partial charge on any atom is 0.439 e. The van der Waals surface area contributed by atoms with Crippen molar-refractivity contribution in [1.82, 2.24) is 4.90 Å². The van der Waals surface area contributed by atoms with E-state index >= 15 is 0 Å². The molecule has 0 atom stereocenters. The van der Waals surface area contributed by atoms with Crippen molar-refractivity contribution in [3.8, 4) is 0 Å². The summed E-state index contributed by atoms with van der Waals surface area (Å²) in [6.45, 7) is 0. The quantitative estimate of drug-likeness (QED) is 0.446. The average Bonchev–Trinajstić information content (AvgIpc) is 2.31. The van der Waals surface area contributed by atoms with Crippen LogP contribution in [0.1, 0.15) is 0 Å². The monoisotopic (exact) mass is 461 g/mol. The normalized spacial score (nSPS) is 25.6. The number of hydrogen-bond acceptors (Lipinski definition) is 3. The number of alkyl halides is 16. The summed E-state index contributed by atoms with van der Waals surface area (Å²) in [4.78, 5) is -4.22. The van der Waals surface area contributed by atoms with Gasteiger partial charge in [-0.2, -0.15) is 70.2 Å². The van der Waals surface area contributed by atoms with Crippen LogP contribution in [0.25, 0.3) is 0 Å². The van der Waals surface area contributed by atoms with Crippen molar-refractivity contribution in [2.45, 2.75) is 48.3 Å². The fourth-order valence-electron chi connectivity index (χ4n) is 2.09. The SMILES string of the molecule is COC(C(F)(F)F)(C(F)(F)F)C(F)(F)N1C(F)(F)C(F)(F)OC(F)(F)C1(F)F. The third-order valence-corrected chi connectivity index (χ3v) is 3.33. The lowest BCUT2D eigenvalue weighted by Gasteiger charge is -2.53. The van der Waals surface area contributed by atoms with Crippen LogP contribution in [0.3, 0.4) is 0 Å². The second-order valence-electron chi connectivity index (χ2n) is 4.98. The van der Waals surface area contributed by atoms with Crippen LogP contribution in [0.15, 0.2) is 0 Å². The van der Waals surface area contributed by atoms with Gasteiger partial charge in [0, 0.05) is 7.11 Å². The van der Waals surface area contributed by atoms with E-state index in [1.54, 1.807) is 4.74 Å². The summed E-state index contributed by atoms with van der Waals surface area (Å²) in [5.74, 6) is 0. The van der Waals surface area contributed by atoms with Crippen LogP contribution in [0.5, 0.6) is 0 Å². The molecule has 0 spiro atoms. The Kier molecular flexibility index (Phi) is 5.22. The number of ether oxygens (including phenoxy) is 2. The molecular formula is C9H3F16NO2. The molecule has 3 nitrogen and oxygen atoms in total. The van der Waals surface area contributed by atoms with Crippen molar-refractivity contribution in [3.63, 3.8) is 0 Å². The Balaban J connectivity index is 4.02. The first kappa shape index (κ1) is 24.8. The Hall–Kier alpha value is -1.24. The van der Waals surface area contributed by atoms with Crippen molar-refractivity contribution in [1.29, 1.82) is 0 Å². The third kappa shape index (κ3) is 2.79. The molecule has 1 saturated heterocycles. The molecule has 1 aliphatic rings. The Morgan fingerprint density at radius 2 is 0.929 bits per heavy atom. The molecule has 168 valence electrons. The maximum absolute atomic E-state index is 14.0. The summed E-state index contributed by atoms with van der Waals surface area (Å²) in [7, 11) is -0.887. The van der Waals surface area contributed by atoms with Crippen LogP contribution >= 0.6 is 0 Å². The highest BCUT2D eigenvalue weighted by Gasteiger charge is 2.95. The van der Waals surface area contributed by atoms with E-state index in [9.17, 15) is 70.2 Å². The standard InChI is InChI=1S/C9H3F16NO2/c1-27-2(3(10,11)12,4(13,14)15)5(16,17)26-6(18,19)8(22,23)28-9(24,25)7(26,20)21/h1H3. The highest BCUT2D eigenvalue weighted by molar-refractivity contribution is 5.11. The summed E-state index contributed by atoms with van der Waals surface area (Å²) in [6, 6.07) is -23.0. The Bertz CT molecular complexity index is 566. The van der Waals surface area contributed by atoms with Crippen LogP contribution in [0, 0.1) is 0 Å². The molecule has 28 heavy (non-hydrogen) atoms. The van der Waals surface area contributed by atoms with Crippen LogP contribution in [-0.2, 0) is 9.47 Å². The molecule has 0 aromatic rings. The fourth-order valence-corrected chi connectivity index (χ4v) is 2.09. The van der Waals surface area contributed by atoms with Gasteiger partial charge < -0.3 is 4.74 Å². The molecule has 0 bridgehead atoms. The van der Waals surface area contributed by atoms with Gasteiger partial charge in [0.25, 0.3) is 0 Å². The molecule has 1 fully saturated rings. The van der Waals surface area contributed by atoms with Gasteiger partial charge in [0.2, 0.25) is 0 Å². The van der Waals surface area contributed by atoms with E-state index in [2.05, 4.69) is 4.74 Å². The summed E-state index contributed by atoms with van der Waals surface area (Å²) in [6.07, 6.45) is -29.4. The lowest BCUT2D eigenvalue weighted by atomic mass is 9.96. The van der Waals surface area contributed by atoms with Crippen LogP contribution in [0.2, 0.25) is 0 Å². The minimum absolute atomic E-state index is 0.887. The van der Waals surface area contributed by atoms with Crippen molar-refractivity contribution in [3.05, 3.63) is 0 Å². The topological polar surface area (TPSA) is 21.7 Å². The van der Waals surface area contributed by atoms with Gasteiger partial charge >= 0.3 is 48.3 Å². The molecule has 0 radical (unpaired) electrons. The molecule has 0 aromatic carbocycles. The van der Waals surface area contributed by atoms with Crippen LogP contribution in [0.4, 0.5) is 70.2 Å². The van der Waals surface area contributed by atoms with E-state index in [1.165, 1.54) is 0 Å². The van der Waals surface area contributed by atoms with Crippen LogP contribution < -0.4 is 0 Å². The molecule has 0 aliphatic carbocycles. The van der Waals surface area contributed by atoms with E-state index < -0.39 is 60.3 Å². The van der Waals surface area contributed by atoms with Gasteiger partial charge in [-0.05, 0) is 0 Å². The minimum Gasteiger partial charge on any atom is -0.356 e. The smallest absolute Gasteiger partial charge is 0.356 e. The number of rotatable bonds is 3. The second kappa shape index (κ2) is 5.89. The highest BCUT2D eigenvalue weighted by Crippen LogP contribution is 2.64. The summed E-state index contributed by atoms with van der Waals surface area (Å²) in [5, 5.41) is 0. The summed E-state index contributed by atoms with van der Waals surface area (Å²) >= 11 is 0. The molecule has 0 N–H and O–H groups in total. The van der Waals surface area contributed by atoms with E-state index in [1.807, 2.05) is 0 Å². The first-order valence-corrected chi connectivity index (χ1v) is 5.97. The minimum atomic E-state index is -8.00. The summed E-state index contributed by atoms with van der Waals surface area (Å²) in [5.41, 5.74) is -7.37. The predicted octanol–water partition coefficient (Wildman–Crippen LogP) is 4.79. The Morgan fingerprint density at radius 3 is 1.14 bits per heavy atom. The molecule has 1 rings (SSSR count). The fraction of sp³-hybridized carbons (Fsp3) is 1.00. The average molecular weight is 461 g/mol. The van der Waals surface area contributed by atoms with Gasteiger partial charge in [0.1, 0.15) is 0 Å². The molecular weight excluding hydrogens is 458 g/mol. The molecule has 1 aliphatic heterocycles. The lowest BCUT2D eigenvalue weighted by molar-refractivity contribution is -0.602. The zero-order valence-electron chi connectivity index (χ0n) is 12.3. The third-order valence-electron chi connectivity index (χ3n) is 3.33. The first-order valence-electron chi connectivity index (χ1n) is 5.97. The number of hydrogen-bond donors (Lipinski definition) is 0. The molecule has 0 amide bonds. The molecule has 1 heterocycles. The molecule has 0 saturated carbocycles. The largest absolute Gasteiger partial charge is 0.439 e. The Morgan fingerprint density at radius 1 is 0.643 bits per heavy atom. The number of nitrogens with zero attached hydrogens (tertiary/aromatic N) is 1. The van der Waals surface area contributed by atoms with Crippen molar-refractivity contribution < 1.29 is 79.7 Å². The number of morpholine rings is 1. The number of methoxy groups -OCH3 is 1. The zero-order chi connectivity index (χ0) is 23.0. The van der Waals surface area contributed by atoms with Gasteiger partial charge in [0.15, 0.2) is 0 Å². The Labute approximate surface area is 141 Å². The van der Waals surface area contributed by atoms with Crippen molar-refractivity contribution in [2.75, 3.05) is 7.11 Å². The van der Waals surface area contributed by atoms with Crippen molar-refractivity contribution in [2.24, 2.45) is 0 Å². The summed E-state index contributed by atoms with van der Waals surface area (Å²) < 4.78 is 214. The number of halogens is 16. The molecule has 19 heteroatoms. The maximum atomic E-state index is 14.0. The molecule has 0 unspecified atom stereocenters. The van der Waals surface area contributed by atoms with Crippen LogP contribution in [-0.4, -0.2) is 60.3 Å². The van der Waals surface area contributed by atoms with Gasteiger partial charge in [-0.25, -0.2) is 4.74 Å². The van der Waals surface area contributed by atoms with E-state index in [-0.39, 0.29) is 0 Å². The highest BCUT2D eigenvalue weighted by atomic mass is 19.4. The van der Waals surface area contributed by atoms with E-state index in [0.29, 0.717) is 0 Å². The van der Waals surface area contributed by atoms with E-state index in [4.69, 9.17) is 0 Å². The predicted molar refractivity (Wildman–Crippen MR) is 49.5 cm³/mol. The van der Waals surface area contributed by atoms with Crippen molar-refractivity contribution >= 4 is 0 Å². The lowest BCUT2D eigenvalue weighted by Crippen LogP contribution is -2.84. The van der Waals surface area contributed by atoms with Gasteiger partial charge in [0.05, 0.1) is 0 Å². The molecule has 0 aromatic heterocycles.